The van der Waals surface area contributed by atoms with Crippen LogP contribution in [0.1, 0.15) is 31.4 Å². The maximum atomic E-state index is 12.9. The molecule has 1 aliphatic heterocycles. The van der Waals surface area contributed by atoms with Gasteiger partial charge in [0, 0.05) is 19.5 Å². The number of hydrogen-bond acceptors (Lipinski definition) is 3. The molecule has 0 aromatic heterocycles. The van der Waals surface area contributed by atoms with Crippen LogP contribution in [0.4, 0.5) is 4.39 Å². The average molecular weight is 281 g/mol. The van der Waals surface area contributed by atoms with Crippen molar-refractivity contribution in [3.8, 4) is 0 Å². The van der Waals surface area contributed by atoms with Crippen LogP contribution in [0, 0.1) is 5.82 Å². The number of carboxylic acid groups (broad SMARTS) is 1. The molecule has 0 amide bonds. The van der Waals surface area contributed by atoms with Crippen LogP contribution in [-0.2, 0) is 9.53 Å². The summed E-state index contributed by atoms with van der Waals surface area (Å²) in [5.41, 5.74) is 0.959. The SMILES string of the molecule is C[C@H]1CN(CCCC(=O)O)C[C@@H](c2ccc(F)cc2)O1. The highest BCUT2D eigenvalue weighted by Crippen LogP contribution is 2.25. The molecule has 1 aromatic carbocycles. The molecule has 5 heteroatoms. The highest BCUT2D eigenvalue weighted by Gasteiger charge is 2.26. The van der Waals surface area contributed by atoms with Gasteiger partial charge in [0.1, 0.15) is 5.82 Å². The van der Waals surface area contributed by atoms with Crippen LogP contribution in [0.5, 0.6) is 0 Å². The van der Waals surface area contributed by atoms with E-state index < -0.39 is 5.97 Å². The fraction of sp³-hybridized carbons (Fsp3) is 0.533. The standard InChI is InChI=1S/C15H20FNO3/c1-11-9-17(8-2-3-15(18)19)10-14(20-11)12-4-6-13(16)7-5-12/h4-7,11,14H,2-3,8-10H2,1H3,(H,18,19)/t11-,14-/m0/s1. The van der Waals surface area contributed by atoms with E-state index in [0.717, 1.165) is 25.2 Å². The molecule has 1 aromatic rings. The lowest BCUT2D eigenvalue weighted by atomic mass is 10.1. The zero-order valence-corrected chi connectivity index (χ0v) is 11.6. The van der Waals surface area contributed by atoms with Gasteiger partial charge in [-0.1, -0.05) is 12.1 Å². The van der Waals surface area contributed by atoms with Crippen molar-refractivity contribution in [3.63, 3.8) is 0 Å². The van der Waals surface area contributed by atoms with Crippen molar-refractivity contribution in [2.75, 3.05) is 19.6 Å². The Labute approximate surface area is 118 Å². The summed E-state index contributed by atoms with van der Waals surface area (Å²) in [6.07, 6.45) is 0.832. The van der Waals surface area contributed by atoms with Gasteiger partial charge in [0.05, 0.1) is 12.2 Å². The molecule has 2 atom stereocenters. The Bertz CT molecular complexity index is 449. The van der Waals surface area contributed by atoms with Crippen LogP contribution in [0.15, 0.2) is 24.3 Å². The number of ether oxygens (including phenoxy) is 1. The molecule has 20 heavy (non-hydrogen) atoms. The second-order valence-electron chi connectivity index (χ2n) is 5.24. The van der Waals surface area contributed by atoms with Crippen molar-refractivity contribution >= 4 is 5.97 Å². The minimum Gasteiger partial charge on any atom is -0.481 e. The molecule has 0 saturated carbocycles. The number of carboxylic acids is 1. The molecule has 1 saturated heterocycles. The lowest BCUT2D eigenvalue weighted by Gasteiger charge is -2.37. The van der Waals surface area contributed by atoms with E-state index in [1.165, 1.54) is 12.1 Å². The number of rotatable bonds is 5. The summed E-state index contributed by atoms with van der Waals surface area (Å²) in [5, 5.41) is 8.67. The first-order valence-electron chi connectivity index (χ1n) is 6.89. The molecular formula is C15H20FNO3. The van der Waals surface area contributed by atoms with Crippen molar-refractivity contribution in [2.24, 2.45) is 0 Å². The van der Waals surface area contributed by atoms with Gasteiger partial charge in [-0.25, -0.2) is 4.39 Å². The molecule has 0 bridgehead atoms. The first kappa shape index (κ1) is 14.9. The van der Waals surface area contributed by atoms with Gasteiger partial charge in [-0.2, -0.15) is 0 Å². The smallest absolute Gasteiger partial charge is 0.303 e. The van der Waals surface area contributed by atoms with Gasteiger partial charge in [0.2, 0.25) is 0 Å². The Hall–Kier alpha value is -1.46. The number of carbonyl (C=O) groups is 1. The van der Waals surface area contributed by atoms with E-state index in [1.54, 1.807) is 12.1 Å². The molecule has 2 rings (SSSR count). The Morgan fingerprint density at radius 1 is 1.40 bits per heavy atom. The number of benzene rings is 1. The molecule has 0 unspecified atom stereocenters. The molecule has 110 valence electrons. The zero-order valence-electron chi connectivity index (χ0n) is 11.6. The predicted octanol–water partition coefficient (Wildman–Crippen LogP) is 2.45. The van der Waals surface area contributed by atoms with E-state index >= 15 is 0 Å². The normalized spacial score (nSPS) is 23.7. The largest absolute Gasteiger partial charge is 0.481 e. The van der Waals surface area contributed by atoms with Gasteiger partial charge in [0.25, 0.3) is 0 Å². The van der Waals surface area contributed by atoms with E-state index in [2.05, 4.69) is 4.90 Å². The lowest BCUT2D eigenvalue weighted by molar-refractivity contribution is -0.137. The number of halogens is 1. The highest BCUT2D eigenvalue weighted by molar-refractivity contribution is 5.66. The van der Waals surface area contributed by atoms with E-state index in [-0.39, 0.29) is 24.4 Å². The Balaban J connectivity index is 1.93. The van der Waals surface area contributed by atoms with E-state index in [1.807, 2.05) is 6.92 Å². The fourth-order valence-electron chi connectivity index (χ4n) is 2.54. The van der Waals surface area contributed by atoms with Crippen molar-refractivity contribution in [2.45, 2.75) is 32.0 Å². The van der Waals surface area contributed by atoms with Gasteiger partial charge in [-0.15, -0.1) is 0 Å². The number of nitrogens with zero attached hydrogens (tertiary/aromatic N) is 1. The zero-order chi connectivity index (χ0) is 14.5. The van der Waals surface area contributed by atoms with Crippen LogP contribution < -0.4 is 0 Å². The van der Waals surface area contributed by atoms with Crippen molar-refractivity contribution < 1.29 is 19.0 Å². The van der Waals surface area contributed by atoms with Crippen LogP contribution >= 0.6 is 0 Å². The number of aliphatic carboxylic acids is 1. The van der Waals surface area contributed by atoms with E-state index in [0.29, 0.717) is 6.42 Å². The maximum absolute atomic E-state index is 12.9. The molecule has 1 N–H and O–H groups in total. The first-order valence-corrected chi connectivity index (χ1v) is 6.89. The van der Waals surface area contributed by atoms with Gasteiger partial charge in [0.15, 0.2) is 0 Å². The van der Waals surface area contributed by atoms with Gasteiger partial charge in [-0.3, -0.25) is 9.69 Å². The Kier molecular flexibility index (Phi) is 5.09. The Morgan fingerprint density at radius 3 is 2.75 bits per heavy atom. The van der Waals surface area contributed by atoms with Crippen molar-refractivity contribution in [3.05, 3.63) is 35.6 Å². The molecule has 4 nitrogen and oxygen atoms in total. The van der Waals surface area contributed by atoms with Gasteiger partial charge < -0.3 is 9.84 Å². The molecule has 0 spiro atoms. The van der Waals surface area contributed by atoms with Crippen LogP contribution in [0.2, 0.25) is 0 Å². The van der Waals surface area contributed by atoms with Crippen LogP contribution in [0.3, 0.4) is 0 Å². The Morgan fingerprint density at radius 2 is 2.10 bits per heavy atom. The minimum atomic E-state index is -0.763. The van der Waals surface area contributed by atoms with E-state index in [4.69, 9.17) is 9.84 Å². The summed E-state index contributed by atoms with van der Waals surface area (Å²) in [5.74, 6) is -1.02. The third-order valence-corrected chi connectivity index (χ3v) is 3.44. The predicted molar refractivity (Wildman–Crippen MR) is 73.0 cm³/mol. The third-order valence-electron chi connectivity index (χ3n) is 3.44. The third kappa shape index (κ3) is 4.28. The fourth-order valence-corrected chi connectivity index (χ4v) is 2.54. The molecular weight excluding hydrogens is 261 g/mol. The topological polar surface area (TPSA) is 49.8 Å². The molecule has 1 aliphatic rings. The quantitative estimate of drug-likeness (QED) is 0.900. The number of morpholine rings is 1. The molecule has 0 aliphatic carbocycles. The van der Waals surface area contributed by atoms with Gasteiger partial charge in [-0.05, 0) is 37.6 Å². The van der Waals surface area contributed by atoms with Crippen LogP contribution in [-0.4, -0.2) is 41.7 Å². The van der Waals surface area contributed by atoms with Crippen molar-refractivity contribution in [1.82, 2.24) is 4.90 Å². The average Bonchev–Trinajstić information content (AvgIpc) is 2.38. The lowest BCUT2D eigenvalue weighted by Crippen LogP contribution is -2.43. The summed E-state index contributed by atoms with van der Waals surface area (Å²) < 4.78 is 18.8. The maximum Gasteiger partial charge on any atom is 0.303 e. The number of hydrogen-bond donors (Lipinski definition) is 1. The second-order valence-corrected chi connectivity index (χ2v) is 5.24. The van der Waals surface area contributed by atoms with Crippen molar-refractivity contribution in [1.29, 1.82) is 0 Å². The van der Waals surface area contributed by atoms with E-state index in [9.17, 15) is 9.18 Å². The molecule has 1 heterocycles. The molecule has 1 fully saturated rings. The first-order chi connectivity index (χ1) is 9.54. The summed E-state index contributed by atoms with van der Waals surface area (Å²) in [4.78, 5) is 12.8. The second kappa shape index (κ2) is 6.81. The summed E-state index contributed by atoms with van der Waals surface area (Å²) in [7, 11) is 0. The summed E-state index contributed by atoms with van der Waals surface area (Å²) >= 11 is 0. The summed E-state index contributed by atoms with van der Waals surface area (Å²) in [6, 6.07) is 6.36. The molecule has 0 radical (unpaired) electrons. The monoisotopic (exact) mass is 281 g/mol. The highest BCUT2D eigenvalue weighted by atomic mass is 19.1. The minimum absolute atomic E-state index is 0.0795. The van der Waals surface area contributed by atoms with Crippen LogP contribution in [0.25, 0.3) is 0 Å². The van der Waals surface area contributed by atoms with Gasteiger partial charge >= 0.3 is 5.97 Å². The summed E-state index contributed by atoms with van der Waals surface area (Å²) in [6.45, 7) is 4.27.